The van der Waals surface area contributed by atoms with E-state index in [4.69, 9.17) is 32.6 Å². The smallest absolute Gasteiger partial charge is 0.344 e. The Morgan fingerprint density at radius 1 is 0.567 bits per heavy atom. The van der Waals surface area contributed by atoms with Crippen LogP contribution in [0.4, 0.5) is 0 Å². The van der Waals surface area contributed by atoms with E-state index in [1.54, 1.807) is 63.2 Å². The second kappa shape index (κ2) is 27.3. The Morgan fingerprint density at radius 3 is 1.40 bits per heavy atom. The first-order valence-electron chi connectivity index (χ1n) is 16.8. The molecule has 0 spiro atoms. The van der Waals surface area contributed by atoms with Gasteiger partial charge in [0.15, 0.2) is 13.2 Å². The molecule has 0 bridgehead atoms. The Labute approximate surface area is 356 Å². The number of aliphatic carboxylic acids is 1. The van der Waals surface area contributed by atoms with Crippen LogP contribution in [-0.4, -0.2) is 59.9 Å². The van der Waals surface area contributed by atoms with Gasteiger partial charge in [-0.2, -0.15) is 0 Å². The van der Waals surface area contributed by atoms with E-state index >= 15 is 0 Å². The Morgan fingerprint density at radius 2 is 0.967 bits per heavy atom. The van der Waals surface area contributed by atoms with Crippen molar-refractivity contribution in [2.24, 2.45) is 0 Å². The summed E-state index contributed by atoms with van der Waals surface area (Å²) in [7, 11) is 0. The van der Waals surface area contributed by atoms with Gasteiger partial charge in [0.05, 0.1) is 13.2 Å². The molecule has 15 nitrogen and oxygen atoms in total. The van der Waals surface area contributed by atoms with E-state index in [0.717, 1.165) is 32.8 Å². The first-order chi connectivity index (χ1) is 26.6. The topological polar surface area (TPSA) is 219 Å². The van der Waals surface area contributed by atoms with Gasteiger partial charge in [-0.15, -0.1) is 0 Å². The summed E-state index contributed by atoms with van der Waals surface area (Å²) in [5.74, 6) is -0.783. The molecule has 0 radical (unpaired) electrons. The Balaban J connectivity index is 0. The lowest BCUT2D eigenvalue weighted by Gasteiger charge is -2.07. The third-order valence-electron chi connectivity index (χ3n) is 7.21. The van der Waals surface area contributed by atoms with Gasteiger partial charge in [0.1, 0.15) is 39.3 Å². The van der Waals surface area contributed by atoms with E-state index in [2.05, 4.69) is 20.7 Å². The largest absolute Gasteiger partial charge is 0.508 e. The first-order valence-corrected chi connectivity index (χ1v) is 17.9. The fourth-order valence-corrected chi connectivity index (χ4v) is 4.98. The highest BCUT2D eigenvalue weighted by Crippen LogP contribution is 2.24. The molecule has 0 aliphatic heterocycles. The molecule has 0 unspecified atom stereocenters. The average Bonchev–Trinajstić information content (AvgIpc) is 3.13. The quantitative estimate of drug-likeness (QED) is 0.0786. The summed E-state index contributed by atoms with van der Waals surface area (Å²) in [5, 5.41) is 20.5. The summed E-state index contributed by atoms with van der Waals surface area (Å²) >= 11 is 2.94. The number of phenolic OH excluding ortho intramolecular Hbond substituents is 1. The molecule has 0 saturated carbocycles. The molecule has 0 aliphatic carbocycles. The molecule has 328 valence electrons. The fraction of sp³-hybridized carbons (Fsp3) is 0.318. The lowest BCUT2D eigenvalue weighted by atomic mass is 10.1. The van der Waals surface area contributed by atoms with Crippen molar-refractivity contribution in [3.63, 3.8) is 0 Å². The maximum atomic E-state index is 11.3. The standard InChI is InChI=1S/C14H14O5.C12H10O5.C10H8O3.C4H7BrO2.4CH4/c1-3-17-14(16)8-18-10-4-5-11-9(2)6-13(15)19-12(11)7-10;1-7-4-12(15)17-10-5-8(2-3-9(7)10)16-6-11(13)14;1-6-4-7(11)5-9-8(6)2-3-10(12)13-9;1-2-7-4(6)3-5;;;;/h4-7H,3,8H2,1-2H3;2-5H,6H2,1H3,(H,13,14);2-5,11H,1H3;2-3H2,1H3;4*1H4. The van der Waals surface area contributed by atoms with Crippen LogP contribution in [0.1, 0.15) is 60.2 Å². The van der Waals surface area contributed by atoms with E-state index in [1.165, 1.54) is 30.3 Å². The zero-order valence-corrected chi connectivity index (χ0v) is 32.6. The molecule has 0 amide bonds. The van der Waals surface area contributed by atoms with Gasteiger partial charge in [0.25, 0.3) is 0 Å². The number of carbonyl (C=O) groups is 3. The maximum Gasteiger partial charge on any atom is 0.344 e. The molecule has 3 aromatic carbocycles. The molecule has 3 aromatic heterocycles. The van der Waals surface area contributed by atoms with Crippen molar-refractivity contribution in [2.45, 2.75) is 64.3 Å². The van der Waals surface area contributed by atoms with E-state index in [1.807, 2.05) is 13.8 Å². The molecule has 2 N–H and O–H groups in total. The van der Waals surface area contributed by atoms with E-state index in [-0.39, 0.29) is 48.0 Å². The Bertz CT molecular complexity index is 2480. The number of aryl methyl sites for hydroxylation is 3. The zero-order valence-electron chi connectivity index (χ0n) is 31.0. The number of carboxylic acids is 1. The van der Waals surface area contributed by atoms with Crippen LogP contribution in [0.2, 0.25) is 0 Å². The van der Waals surface area contributed by atoms with Crippen LogP contribution < -0.4 is 26.4 Å². The van der Waals surface area contributed by atoms with Crippen LogP contribution in [-0.2, 0) is 23.9 Å². The van der Waals surface area contributed by atoms with Crippen molar-refractivity contribution in [2.75, 3.05) is 31.8 Å². The lowest BCUT2D eigenvalue weighted by molar-refractivity contribution is -0.145. The average molecular weight is 904 g/mol. The number of ether oxygens (including phenoxy) is 4. The summed E-state index contributed by atoms with van der Waals surface area (Å²) in [5.41, 5.74) is 2.52. The predicted molar refractivity (Wildman–Crippen MR) is 236 cm³/mol. The number of rotatable bonds is 9. The van der Waals surface area contributed by atoms with Gasteiger partial charge in [-0.3, -0.25) is 4.79 Å². The number of phenols is 1. The van der Waals surface area contributed by atoms with Crippen LogP contribution >= 0.6 is 15.9 Å². The number of esters is 2. The summed E-state index contributed by atoms with van der Waals surface area (Å²) in [6, 6.07) is 18.9. The molecule has 0 fully saturated rings. The van der Waals surface area contributed by atoms with Gasteiger partial charge in [0.2, 0.25) is 0 Å². The Kier molecular flexibility index (Phi) is 25.3. The van der Waals surface area contributed by atoms with Crippen molar-refractivity contribution >= 4 is 66.7 Å². The summed E-state index contributed by atoms with van der Waals surface area (Å²) in [6.45, 7) is 9.17. The zero-order chi connectivity index (χ0) is 41.4. The maximum absolute atomic E-state index is 11.3. The first kappa shape index (κ1) is 55.7. The number of fused-ring (bicyclic) bond motifs is 3. The highest BCUT2D eigenvalue weighted by Gasteiger charge is 2.08. The highest BCUT2D eigenvalue weighted by molar-refractivity contribution is 9.09. The minimum Gasteiger partial charge on any atom is -0.508 e. The minimum atomic E-state index is -1.06. The van der Waals surface area contributed by atoms with Crippen LogP contribution in [0.5, 0.6) is 17.2 Å². The second-order valence-electron chi connectivity index (χ2n) is 11.5. The number of hydrogen-bond donors (Lipinski definition) is 2. The highest BCUT2D eigenvalue weighted by atomic mass is 79.9. The van der Waals surface area contributed by atoms with Gasteiger partial charge in [-0.25, -0.2) is 24.0 Å². The van der Waals surface area contributed by atoms with Gasteiger partial charge in [-0.1, -0.05) is 45.6 Å². The summed E-state index contributed by atoms with van der Waals surface area (Å²) < 4.78 is 34.5. The summed E-state index contributed by atoms with van der Waals surface area (Å²) in [4.78, 5) is 65.0. The third kappa shape index (κ3) is 17.6. The van der Waals surface area contributed by atoms with Gasteiger partial charge in [-0.05, 0) is 87.7 Å². The SMILES string of the molecule is C.C.C.C.CCOC(=O)CBr.CCOC(=O)COc1ccc2c(C)cc(=O)oc2c1.Cc1cc(=O)oc2cc(OCC(=O)O)ccc12.Cc1cc(O)cc2oc(=O)ccc12. The van der Waals surface area contributed by atoms with E-state index < -0.39 is 35.4 Å². The fourth-order valence-electron chi connectivity index (χ4n) is 4.82. The van der Waals surface area contributed by atoms with E-state index in [9.17, 15) is 33.9 Å². The normalized spacial score (nSPS) is 9.50. The van der Waals surface area contributed by atoms with Crippen LogP contribution in [0.25, 0.3) is 32.9 Å². The van der Waals surface area contributed by atoms with Gasteiger partial charge in [0, 0.05) is 52.6 Å². The number of carbonyl (C=O) groups excluding carboxylic acids is 2. The number of carboxylic acid groups (broad SMARTS) is 1. The lowest BCUT2D eigenvalue weighted by Crippen LogP contribution is -2.14. The number of benzene rings is 3. The molecule has 0 saturated heterocycles. The molecule has 0 aliphatic rings. The third-order valence-corrected chi connectivity index (χ3v) is 7.67. The van der Waals surface area contributed by atoms with Crippen LogP contribution in [0.15, 0.2) is 100 Å². The molecular weight excluding hydrogens is 848 g/mol. The van der Waals surface area contributed by atoms with Crippen molar-refractivity contribution in [1.29, 1.82) is 0 Å². The molecular formula is C44H55BrO15. The van der Waals surface area contributed by atoms with Gasteiger partial charge < -0.3 is 42.4 Å². The van der Waals surface area contributed by atoms with Crippen molar-refractivity contribution in [3.05, 3.63) is 121 Å². The summed E-state index contributed by atoms with van der Waals surface area (Å²) in [6.07, 6.45) is 0. The van der Waals surface area contributed by atoms with Crippen molar-refractivity contribution in [1.82, 2.24) is 0 Å². The molecule has 60 heavy (non-hydrogen) atoms. The molecule has 0 atom stereocenters. The van der Waals surface area contributed by atoms with Crippen molar-refractivity contribution < 1.29 is 56.8 Å². The molecule has 6 aromatic rings. The molecule has 6 rings (SSSR count). The van der Waals surface area contributed by atoms with E-state index in [0.29, 0.717) is 46.8 Å². The molecule has 3 heterocycles. The second-order valence-corrected chi connectivity index (χ2v) is 12.0. The van der Waals surface area contributed by atoms with Crippen LogP contribution in [0, 0.1) is 20.8 Å². The Hall–Kier alpha value is -6.42. The van der Waals surface area contributed by atoms with Gasteiger partial charge >= 0.3 is 34.8 Å². The number of alkyl halides is 1. The predicted octanol–water partition coefficient (Wildman–Crippen LogP) is 8.90. The van der Waals surface area contributed by atoms with Crippen LogP contribution in [0.3, 0.4) is 0 Å². The number of halogens is 1. The number of aromatic hydroxyl groups is 1. The van der Waals surface area contributed by atoms with Crippen molar-refractivity contribution in [3.8, 4) is 17.2 Å². The number of hydrogen-bond acceptors (Lipinski definition) is 14. The monoisotopic (exact) mass is 902 g/mol. The minimum absolute atomic E-state index is 0. The molecule has 16 heteroatoms.